The van der Waals surface area contributed by atoms with Gasteiger partial charge in [-0.1, -0.05) is 23.9 Å². The zero-order valence-corrected chi connectivity index (χ0v) is 10.6. The Kier molecular flexibility index (Phi) is 2.33. The van der Waals surface area contributed by atoms with E-state index >= 15 is 0 Å². The van der Waals surface area contributed by atoms with Crippen molar-refractivity contribution in [1.29, 1.82) is 0 Å². The Hall–Kier alpha value is -1.13. The molecule has 16 heavy (non-hydrogen) atoms. The highest BCUT2D eigenvalue weighted by molar-refractivity contribution is 9.10. The number of hydrogen-bond acceptors (Lipinski definition) is 3. The molecule has 0 spiro atoms. The Bertz CT molecular complexity index is 521. The molecule has 1 heterocycles. The number of halogens is 1. The van der Waals surface area contributed by atoms with Crippen molar-refractivity contribution in [3.63, 3.8) is 0 Å². The van der Waals surface area contributed by atoms with Crippen LogP contribution in [-0.4, -0.2) is 5.11 Å². The van der Waals surface area contributed by atoms with Crippen LogP contribution >= 0.6 is 27.7 Å². The van der Waals surface area contributed by atoms with Crippen molar-refractivity contribution in [2.75, 3.05) is 5.32 Å². The first-order valence-electron chi connectivity index (χ1n) is 4.81. The van der Waals surface area contributed by atoms with E-state index in [0.717, 1.165) is 25.6 Å². The Labute approximate surface area is 106 Å². The quantitative estimate of drug-likeness (QED) is 0.646. The third kappa shape index (κ3) is 1.49. The van der Waals surface area contributed by atoms with Crippen LogP contribution in [0.3, 0.4) is 0 Å². The molecule has 4 heteroatoms. The van der Waals surface area contributed by atoms with Crippen LogP contribution in [0.2, 0.25) is 0 Å². The molecule has 1 aliphatic heterocycles. The summed E-state index contributed by atoms with van der Waals surface area (Å²) in [5, 5.41) is 13.1. The van der Waals surface area contributed by atoms with Crippen molar-refractivity contribution < 1.29 is 5.11 Å². The van der Waals surface area contributed by atoms with Gasteiger partial charge in [0.1, 0.15) is 5.75 Å². The zero-order valence-electron chi connectivity index (χ0n) is 8.20. The van der Waals surface area contributed by atoms with Gasteiger partial charge in [0, 0.05) is 9.37 Å². The third-order valence-electron chi connectivity index (χ3n) is 2.44. The molecule has 0 saturated carbocycles. The van der Waals surface area contributed by atoms with Gasteiger partial charge in [-0.15, -0.1) is 0 Å². The number of phenols is 1. The van der Waals surface area contributed by atoms with Crippen molar-refractivity contribution in [3.05, 3.63) is 40.9 Å². The third-order valence-corrected chi connectivity index (χ3v) is 4.30. The van der Waals surface area contributed by atoms with Crippen LogP contribution in [0.5, 0.6) is 5.75 Å². The van der Waals surface area contributed by atoms with Crippen LogP contribution in [0.25, 0.3) is 0 Å². The highest BCUT2D eigenvalue weighted by atomic mass is 79.9. The van der Waals surface area contributed by atoms with Crippen LogP contribution in [0, 0.1) is 0 Å². The van der Waals surface area contributed by atoms with Crippen molar-refractivity contribution in [2.45, 2.75) is 9.79 Å². The lowest BCUT2D eigenvalue weighted by atomic mass is 10.2. The highest BCUT2D eigenvalue weighted by Gasteiger charge is 2.20. The Morgan fingerprint density at radius 1 is 1.12 bits per heavy atom. The molecule has 0 saturated heterocycles. The molecule has 0 aromatic heterocycles. The Morgan fingerprint density at radius 2 is 1.94 bits per heavy atom. The van der Waals surface area contributed by atoms with Crippen molar-refractivity contribution >= 4 is 39.1 Å². The zero-order chi connectivity index (χ0) is 11.1. The van der Waals surface area contributed by atoms with E-state index in [4.69, 9.17) is 0 Å². The largest absolute Gasteiger partial charge is 0.507 e. The second kappa shape index (κ2) is 3.71. The number of benzene rings is 2. The molecule has 0 aliphatic carbocycles. The maximum absolute atomic E-state index is 9.82. The molecule has 1 aliphatic rings. The van der Waals surface area contributed by atoms with E-state index in [2.05, 4.69) is 21.2 Å². The van der Waals surface area contributed by atoms with E-state index < -0.39 is 0 Å². The molecular formula is C12H8BrNOS. The van der Waals surface area contributed by atoms with E-state index in [9.17, 15) is 5.11 Å². The number of para-hydroxylation sites is 1. The average Bonchev–Trinajstić information content (AvgIpc) is 2.32. The normalized spacial score (nSPS) is 12.6. The summed E-state index contributed by atoms with van der Waals surface area (Å²) >= 11 is 5.06. The minimum absolute atomic E-state index is 0.310. The lowest BCUT2D eigenvalue weighted by Gasteiger charge is -2.22. The summed E-state index contributed by atoms with van der Waals surface area (Å²) in [6.07, 6.45) is 0. The molecule has 0 atom stereocenters. The summed E-state index contributed by atoms with van der Waals surface area (Å²) in [7, 11) is 0. The number of nitrogens with one attached hydrogen (secondary N) is 1. The number of hydrogen-bond donors (Lipinski definition) is 2. The first kappa shape index (κ1) is 10.1. The molecule has 2 aromatic rings. The lowest BCUT2D eigenvalue weighted by molar-refractivity contribution is 0.463. The van der Waals surface area contributed by atoms with Gasteiger partial charge in [0.2, 0.25) is 0 Å². The van der Waals surface area contributed by atoms with Crippen LogP contribution in [0.4, 0.5) is 11.4 Å². The van der Waals surface area contributed by atoms with E-state index in [-0.39, 0.29) is 0 Å². The second-order valence-corrected chi connectivity index (χ2v) is 5.40. The first-order valence-corrected chi connectivity index (χ1v) is 6.42. The monoisotopic (exact) mass is 293 g/mol. The second-order valence-electron chi connectivity index (χ2n) is 3.49. The molecule has 2 aromatic carbocycles. The van der Waals surface area contributed by atoms with Gasteiger partial charge >= 0.3 is 0 Å². The minimum Gasteiger partial charge on any atom is -0.507 e. The molecule has 0 fully saturated rings. The van der Waals surface area contributed by atoms with Gasteiger partial charge in [0.25, 0.3) is 0 Å². The maximum atomic E-state index is 9.82. The van der Waals surface area contributed by atoms with Gasteiger partial charge < -0.3 is 10.4 Å². The van der Waals surface area contributed by atoms with Crippen LogP contribution in [0.15, 0.2) is 50.7 Å². The minimum atomic E-state index is 0.310. The van der Waals surface area contributed by atoms with Gasteiger partial charge in [-0.2, -0.15) is 0 Å². The SMILES string of the molecule is Oc1ccc(Br)c2c1Sc1ccccc1N2. The fraction of sp³-hybridized carbons (Fsp3) is 0. The number of aromatic hydroxyl groups is 1. The summed E-state index contributed by atoms with van der Waals surface area (Å²) < 4.78 is 0.960. The van der Waals surface area contributed by atoms with Gasteiger partial charge in [0.15, 0.2) is 0 Å². The van der Waals surface area contributed by atoms with E-state index in [1.807, 2.05) is 30.3 Å². The first-order chi connectivity index (χ1) is 7.75. The van der Waals surface area contributed by atoms with Crippen LogP contribution < -0.4 is 5.32 Å². The molecular weight excluding hydrogens is 286 g/mol. The molecule has 0 unspecified atom stereocenters. The summed E-state index contributed by atoms with van der Waals surface area (Å²) in [4.78, 5) is 2.00. The lowest BCUT2D eigenvalue weighted by Crippen LogP contribution is -2.00. The van der Waals surface area contributed by atoms with Crippen LogP contribution in [-0.2, 0) is 0 Å². The standard InChI is InChI=1S/C12H8BrNOS/c13-7-5-6-9(15)12-11(7)14-8-3-1-2-4-10(8)16-12/h1-6,14-15H. The molecule has 80 valence electrons. The topological polar surface area (TPSA) is 32.3 Å². The Balaban J connectivity index is 2.19. The molecule has 0 radical (unpaired) electrons. The van der Waals surface area contributed by atoms with E-state index in [1.54, 1.807) is 17.8 Å². The predicted molar refractivity (Wildman–Crippen MR) is 69.7 cm³/mol. The van der Waals surface area contributed by atoms with Gasteiger partial charge in [-0.25, -0.2) is 0 Å². The molecule has 2 N–H and O–H groups in total. The predicted octanol–water partition coefficient (Wildman–Crippen LogP) is 4.36. The van der Waals surface area contributed by atoms with E-state index in [0.29, 0.717) is 5.75 Å². The van der Waals surface area contributed by atoms with Gasteiger partial charge in [0.05, 0.1) is 16.3 Å². The summed E-state index contributed by atoms with van der Waals surface area (Å²) in [5.74, 6) is 0.310. The van der Waals surface area contributed by atoms with Crippen molar-refractivity contribution in [1.82, 2.24) is 0 Å². The molecule has 3 rings (SSSR count). The number of fused-ring (bicyclic) bond motifs is 2. The highest BCUT2D eigenvalue weighted by Crippen LogP contribution is 2.50. The summed E-state index contributed by atoms with van der Waals surface area (Å²) in [6.45, 7) is 0. The molecule has 2 nitrogen and oxygen atoms in total. The average molecular weight is 294 g/mol. The van der Waals surface area contributed by atoms with Crippen molar-refractivity contribution in [3.8, 4) is 5.75 Å². The summed E-state index contributed by atoms with van der Waals surface area (Å²) in [6, 6.07) is 11.6. The Morgan fingerprint density at radius 3 is 2.81 bits per heavy atom. The van der Waals surface area contributed by atoms with E-state index in [1.165, 1.54) is 0 Å². The number of rotatable bonds is 0. The fourth-order valence-electron chi connectivity index (χ4n) is 1.67. The smallest absolute Gasteiger partial charge is 0.131 e. The van der Waals surface area contributed by atoms with Gasteiger partial charge in [-0.3, -0.25) is 0 Å². The molecule has 0 bridgehead atoms. The summed E-state index contributed by atoms with van der Waals surface area (Å²) in [5.41, 5.74) is 2.01. The molecule has 0 amide bonds. The number of phenolic OH excluding ortho intramolecular Hbond substituents is 1. The van der Waals surface area contributed by atoms with Crippen molar-refractivity contribution in [2.24, 2.45) is 0 Å². The van der Waals surface area contributed by atoms with Gasteiger partial charge in [-0.05, 0) is 40.2 Å². The maximum Gasteiger partial charge on any atom is 0.131 e. The van der Waals surface area contributed by atoms with Crippen LogP contribution in [0.1, 0.15) is 0 Å². The fourth-order valence-corrected chi connectivity index (χ4v) is 3.26. The number of anilines is 2.